The number of nitrogens with zero attached hydrogens (tertiary/aromatic N) is 2. The molecule has 2 aliphatic carbocycles. The molecule has 0 bridgehead atoms. The summed E-state index contributed by atoms with van der Waals surface area (Å²) in [6.07, 6.45) is 41.1. The first-order chi connectivity index (χ1) is 67.4. The molecule has 1 aliphatic heterocycles. The highest BCUT2D eigenvalue weighted by atomic mass is 32.2. The average Bonchev–Trinajstić information content (AvgIpc) is 1.69. The molecule has 0 radical (unpaired) electrons. The van der Waals surface area contributed by atoms with Gasteiger partial charge in [0.05, 0.1) is 11.9 Å². The lowest BCUT2D eigenvalue weighted by Crippen LogP contribution is -2.07. The largest absolute Gasteiger partial charge is 0.393 e. The number of aliphatic hydroxyl groups is 1. The highest BCUT2D eigenvalue weighted by Crippen LogP contribution is 2.32. The van der Waals surface area contributed by atoms with Gasteiger partial charge in [0.2, 0.25) is 0 Å². The monoisotopic (exact) mass is 2070 g/mol. The number of aliphatic hydroxyl groups excluding tert-OH is 1. The number of hydrogen-bond acceptors (Lipinski definition) is 8. The van der Waals surface area contributed by atoms with Gasteiger partial charge in [-0.15, -0.1) is 0 Å². The van der Waals surface area contributed by atoms with E-state index in [-0.39, 0.29) is 17.7 Å². The number of aryl methyl sites for hydroxylation is 1. The molecule has 0 amide bonds. The summed E-state index contributed by atoms with van der Waals surface area (Å²) in [5.74, 6) is 21.4. The minimum atomic E-state index is -0.148. The molecule has 8 nitrogen and oxygen atoms in total. The van der Waals surface area contributed by atoms with Crippen molar-refractivity contribution in [3.8, 4) is 0 Å². The molecule has 3 aromatic rings. The summed E-state index contributed by atoms with van der Waals surface area (Å²) in [5, 5.41) is 8.63. The maximum absolute atomic E-state index is 10.3. The van der Waals surface area contributed by atoms with Crippen LogP contribution in [0.2, 0.25) is 0 Å². The third-order valence-electron chi connectivity index (χ3n) is 23.3. The summed E-state index contributed by atoms with van der Waals surface area (Å²) >= 11 is 1.93. The second-order valence-electron chi connectivity index (χ2n) is 50.4. The number of nitrogens with two attached hydrogens (primary N) is 1. The molecule has 0 saturated heterocycles. The summed E-state index contributed by atoms with van der Waals surface area (Å²) in [5.41, 5.74) is 15.4. The maximum atomic E-state index is 10.3. The van der Waals surface area contributed by atoms with Gasteiger partial charge in [-0.05, 0) is 295 Å². The Morgan fingerprint density at radius 2 is 0.760 bits per heavy atom. The van der Waals surface area contributed by atoms with Crippen LogP contribution in [0.1, 0.15) is 556 Å². The SMILES string of the molecule is CC(=O)CC(C)C.CC(=O)CC(C)C.CC(=O)CCC(C)C.CC(=O)CCC(C)C.CC(C)C.CC(C)C(C)C.CC(C)C(C)O.CC(C)C1CCCC1.CC(C)CC(C)C.CC(C)CC1=CCC=N1.CC(C)CC1=CCc2ccccc21.CC(C)Cc1ccccc1.CC(N)=NCCCC(C)C.CCC(C)C.CCC(C)C.CCC(C)C(C)C.CCCCCC(C)C.CSCCC(C)C.Cc1ccc(CC(C)C)cc1. The molecule has 1 fully saturated rings. The fourth-order valence-electron chi connectivity index (χ4n) is 12.3. The summed E-state index contributed by atoms with van der Waals surface area (Å²) < 4.78 is 0. The normalized spacial score (nSPS) is 12.3. The molecule has 0 spiro atoms. The van der Waals surface area contributed by atoms with Crippen LogP contribution in [-0.4, -0.2) is 64.9 Å². The molecule has 1 saturated carbocycles. The highest BCUT2D eigenvalue weighted by Gasteiger charge is 2.18. The first-order valence-electron chi connectivity index (χ1n) is 59.9. The maximum Gasteiger partial charge on any atom is 0.130 e. The lowest BCUT2D eigenvalue weighted by Gasteiger charge is -2.11. The number of thioether (sulfide) groups is 1. The van der Waals surface area contributed by atoms with Gasteiger partial charge in [-0.25, -0.2) is 0 Å². The minimum Gasteiger partial charge on any atom is -0.393 e. The number of aliphatic imine (C=N–C) groups is 2. The fraction of sp³-hybridized carbons (Fsp3) is 0.796. The molecule has 3 aromatic carbocycles. The van der Waals surface area contributed by atoms with Crippen molar-refractivity contribution in [3.63, 3.8) is 0 Å². The van der Waals surface area contributed by atoms with Gasteiger partial charge < -0.3 is 30.0 Å². The zero-order valence-electron chi connectivity index (χ0n) is 110. The lowest BCUT2D eigenvalue weighted by atomic mass is 9.95. The van der Waals surface area contributed by atoms with Crippen molar-refractivity contribution in [1.82, 2.24) is 0 Å². The number of amidine groups is 1. The van der Waals surface area contributed by atoms with Crippen LogP contribution in [-0.2, 0) is 38.4 Å². The summed E-state index contributed by atoms with van der Waals surface area (Å²) in [6, 6.07) is 28.2. The van der Waals surface area contributed by atoms with E-state index >= 15 is 0 Å². The van der Waals surface area contributed by atoms with Crippen LogP contribution in [0, 0.1) is 143 Å². The van der Waals surface area contributed by atoms with Crippen molar-refractivity contribution in [2.24, 2.45) is 152 Å². The second-order valence-corrected chi connectivity index (χ2v) is 51.4. The topological polar surface area (TPSA) is 139 Å². The van der Waals surface area contributed by atoms with Crippen LogP contribution in [0.4, 0.5) is 0 Å². The second kappa shape index (κ2) is 119. The van der Waals surface area contributed by atoms with Gasteiger partial charge in [-0.2, -0.15) is 11.8 Å². The minimum absolute atomic E-state index is 0.148. The van der Waals surface area contributed by atoms with E-state index in [1.807, 2.05) is 66.4 Å². The van der Waals surface area contributed by atoms with E-state index in [1.54, 1.807) is 40.2 Å². The Morgan fingerprint density at radius 3 is 0.993 bits per heavy atom. The van der Waals surface area contributed by atoms with Crippen LogP contribution in [0.15, 0.2) is 107 Å². The molecule has 868 valence electrons. The zero-order valence-corrected chi connectivity index (χ0v) is 110. The van der Waals surface area contributed by atoms with Crippen molar-refractivity contribution in [1.29, 1.82) is 0 Å². The van der Waals surface area contributed by atoms with Crippen LogP contribution >= 0.6 is 11.8 Å². The third kappa shape index (κ3) is 175. The molecule has 2 unspecified atom stereocenters. The van der Waals surface area contributed by atoms with E-state index in [2.05, 4.69) is 405 Å². The standard InChI is InChI=1S/C13H16.C11H16.C10H14.C8H18N2.C8H13N.C8H16.C8H18.2C7H14O.2C7H16.2C6H12O.C6H14S.C6H14.C5H12O.2C5H12.C4H10/c1-10(2)9-12-8-7-11-5-3-4-6-13(11)12;1-9(2)8-11-6-4-10(3)5-7-11;1-9(2)8-10-6-4-3-5-7-10;1-7(2)5-4-6-10-8(3)9;1-7(2)6-8-4-3-5-9-8;1-7(2)8-5-3-4-6-8;1-4-5-6-7-8(2)3;2*1-6(2)4-5-7(3)8;1-6(2)5-7(3)4;1-5-7(4)6(2)3;2*1-5(2)4-6(3)7;1-6(2)4-5-7-3;1-5(2)6(3)4;1-4(2)5(3)6;2*1-4-5(2)3;1-4(2)3/h3-6,8,10H,7,9H2,1-2H3;4-7,9H,8H2,1-3H3;3-7,9H,8H2,1-2H3;7H,4-6H2,1-3H3,(H2,9,10);4-5,7H,3,6H2,1-2H3;7-8H,3-6H2,1-2H3;8H,4-7H2,1-3H3;2*6H,4-5H2,1-3H3;2*6-7H,5H2,1-4H3;2*5H,4H2,1-3H3;6H,4-5H2,1-3H3;5-6H,1-4H3;4-6H,1-3H3;2*5H,4H2,1-3H3;4H,1-3H3. The Hall–Kier alpha value is -4.73. The van der Waals surface area contributed by atoms with Gasteiger partial charge in [0.1, 0.15) is 23.1 Å². The Kier molecular flexibility index (Phi) is 138. The van der Waals surface area contributed by atoms with Crippen LogP contribution in [0.3, 0.4) is 0 Å². The number of Topliss-reactive ketones (excluding diaryl/α,β-unsaturated/α-hetero) is 4. The van der Waals surface area contributed by atoms with Crippen molar-refractivity contribution in [2.75, 3.05) is 18.6 Å². The number of carbonyl (C=O) groups is 4. The molecular formula is C137H269N3O5S. The number of unbranched alkanes of at least 4 members (excludes halogenated alkanes) is 2. The van der Waals surface area contributed by atoms with Crippen molar-refractivity contribution in [3.05, 3.63) is 125 Å². The van der Waals surface area contributed by atoms with Gasteiger partial charge in [-0.3, -0.25) is 9.98 Å². The summed E-state index contributed by atoms with van der Waals surface area (Å²) in [6.45, 7) is 119. The number of benzene rings is 3. The zero-order chi connectivity index (χ0) is 117. The summed E-state index contributed by atoms with van der Waals surface area (Å²) in [7, 11) is 0. The molecule has 1 heterocycles. The predicted octanol–water partition coefficient (Wildman–Crippen LogP) is 44.1. The van der Waals surface area contributed by atoms with Crippen LogP contribution in [0.5, 0.6) is 0 Å². The molecule has 2 atom stereocenters. The predicted molar refractivity (Wildman–Crippen MR) is 678 cm³/mol. The van der Waals surface area contributed by atoms with Gasteiger partial charge in [-0.1, -0.05) is 500 Å². The molecule has 3 N–H and O–H groups in total. The number of allylic oxidation sites excluding steroid dienone is 4. The van der Waals surface area contributed by atoms with E-state index in [9.17, 15) is 19.2 Å². The number of hydrogen-bond donors (Lipinski definition) is 2. The van der Waals surface area contributed by atoms with Crippen LogP contribution < -0.4 is 5.73 Å². The van der Waals surface area contributed by atoms with E-state index in [1.165, 1.54) is 148 Å². The highest BCUT2D eigenvalue weighted by molar-refractivity contribution is 7.98. The number of ketones is 4. The van der Waals surface area contributed by atoms with Gasteiger partial charge in [0, 0.05) is 50.6 Å². The Labute approximate surface area is 925 Å². The summed E-state index contributed by atoms with van der Waals surface area (Å²) in [4.78, 5) is 49.5. The van der Waals surface area contributed by atoms with E-state index in [0.717, 1.165) is 177 Å². The van der Waals surface area contributed by atoms with Crippen molar-refractivity contribution in [2.45, 2.75) is 560 Å². The Morgan fingerprint density at radius 1 is 0.397 bits per heavy atom. The molecule has 9 heteroatoms. The average molecular weight is 2070 g/mol. The smallest absolute Gasteiger partial charge is 0.130 e. The first-order valence-corrected chi connectivity index (χ1v) is 61.3. The van der Waals surface area contributed by atoms with E-state index < -0.39 is 0 Å². The number of rotatable bonds is 38. The molecule has 0 aromatic heterocycles. The third-order valence-corrected chi connectivity index (χ3v) is 23.9. The lowest BCUT2D eigenvalue weighted by molar-refractivity contribution is -0.118. The van der Waals surface area contributed by atoms with E-state index in [0.29, 0.717) is 47.0 Å². The fourth-order valence-corrected chi connectivity index (χ4v) is 13.0. The van der Waals surface area contributed by atoms with Crippen molar-refractivity contribution < 1.29 is 24.3 Å². The van der Waals surface area contributed by atoms with Gasteiger partial charge in [0.25, 0.3) is 0 Å². The molecule has 6 rings (SSSR count). The first kappa shape index (κ1) is 169. The Bertz CT molecular complexity index is 3180. The van der Waals surface area contributed by atoms with Gasteiger partial charge in [0.15, 0.2) is 0 Å². The van der Waals surface area contributed by atoms with E-state index in [4.69, 9.17) is 10.8 Å². The van der Waals surface area contributed by atoms with Gasteiger partial charge >= 0.3 is 0 Å². The Balaban J connectivity index is -0.000000117. The van der Waals surface area contributed by atoms with Crippen molar-refractivity contribution >= 4 is 52.5 Å². The molecular weight excluding hydrogens is 1800 g/mol. The number of carbonyl (C=O) groups excluding carboxylic acids is 4. The molecule has 146 heavy (non-hydrogen) atoms. The molecule has 3 aliphatic rings. The van der Waals surface area contributed by atoms with Crippen LogP contribution in [0.25, 0.3) is 5.57 Å². The quantitative estimate of drug-likeness (QED) is 0.0331. The number of fused-ring (bicyclic) bond motifs is 1.